The lowest BCUT2D eigenvalue weighted by Crippen LogP contribution is -2.16. The molecule has 0 aliphatic heterocycles. The van der Waals surface area contributed by atoms with Crippen LogP contribution in [0.15, 0.2) is 36.4 Å². The number of nitrogens with zero attached hydrogens (tertiary/aromatic N) is 1. The molecule has 0 aliphatic rings. The molecule has 2 aromatic rings. The first kappa shape index (κ1) is 13.0. The van der Waals surface area contributed by atoms with Gasteiger partial charge in [0.2, 0.25) is 0 Å². The van der Waals surface area contributed by atoms with Gasteiger partial charge in [0.25, 0.3) is 5.91 Å². The number of benzene rings is 1. The average Bonchev–Trinajstić information content (AvgIpc) is 2.42. The number of carbonyl (C=O) groups excluding carboxylic acids is 1. The fourth-order valence-electron chi connectivity index (χ4n) is 1.55. The zero-order valence-corrected chi connectivity index (χ0v) is 10.3. The number of pyridine rings is 1. The molecule has 0 spiro atoms. The summed E-state index contributed by atoms with van der Waals surface area (Å²) in [5.74, 6) is 4.58. The zero-order chi connectivity index (χ0) is 13.8. The highest BCUT2D eigenvalue weighted by molar-refractivity contribution is 6.03. The van der Waals surface area contributed by atoms with Crippen LogP contribution in [0.3, 0.4) is 0 Å². The molecule has 1 amide bonds. The van der Waals surface area contributed by atoms with Crippen LogP contribution < -0.4 is 16.6 Å². The van der Waals surface area contributed by atoms with Gasteiger partial charge in [-0.3, -0.25) is 4.79 Å². The van der Waals surface area contributed by atoms with E-state index in [0.29, 0.717) is 5.82 Å². The molecule has 0 radical (unpaired) electrons. The van der Waals surface area contributed by atoms with Gasteiger partial charge in [0.15, 0.2) is 0 Å². The third kappa shape index (κ3) is 3.05. The van der Waals surface area contributed by atoms with E-state index in [-0.39, 0.29) is 11.4 Å². The van der Waals surface area contributed by atoms with E-state index in [1.807, 2.05) is 0 Å². The first-order valence-corrected chi connectivity index (χ1v) is 5.61. The Hall–Kier alpha value is -2.47. The molecule has 0 fully saturated rings. The van der Waals surface area contributed by atoms with E-state index in [0.717, 1.165) is 5.56 Å². The first-order chi connectivity index (χ1) is 9.10. The summed E-state index contributed by atoms with van der Waals surface area (Å²) in [6.45, 7) is 1.77. The molecule has 5 nitrogen and oxygen atoms in total. The Labute approximate surface area is 109 Å². The molecule has 1 aromatic carbocycles. The van der Waals surface area contributed by atoms with E-state index < -0.39 is 11.7 Å². The molecular weight excluding hydrogens is 247 g/mol. The highest BCUT2D eigenvalue weighted by Gasteiger charge is 2.11. The Morgan fingerprint density at radius 3 is 2.79 bits per heavy atom. The van der Waals surface area contributed by atoms with Gasteiger partial charge in [-0.1, -0.05) is 12.1 Å². The minimum atomic E-state index is -0.500. The molecule has 0 atom stereocenters. The second-order valence-corrected chi connectivity index (χ2v) is 3.99. The van der Waals surface area contributed by atoms with Crippen LogP contribution in [-0.2, 0) is 0 Å². The Balaban J connectivity index is 2.20. The molecule has 0 saturated heterocycles. The lowest BCUT2D eigenvalue weighted by Gasteiger charge is -2.07. The van der Waals surface area contributed by atoms with Gasteiger partial charge in [-0.15, -0.1) is 0 Å². The van der Waals surface area contributed by atoms with Crippen molar-refractivity contribution >= 4 is 17.4 Å². The summed E-state index contributed by atoms with van der Waals surface area (Å²) in [7, 11) is 0. The van der Waals surface area contributed by atoms with E-state index in [4.69, 9.17) is 5.84 Å². The smallest absolute Gasteiger partial charge is 0.274 e. The summed E-state index contributed by atoms with van der Waals surface area (Å²) in [6, 6.07) is 9.33. The van der Waals surface area contributed by atoms with Crippen molar-refractivity contribution in [3.63, 3.8) is 0 Å². The van der Waals surface area contributed by atoms with Gasteiger partial charge in [-0.25, -0.2) is 15.2 Å². The predicted octanol–water partition coefficient (Wildman–Crippen LogP) is 2.07. The van der Waals surface area contributed by atoms with Crippen molar-refractivity contribution in [2.24, 2.45) is 5.84 Å². The second-order valence-electron chi connectivity index (χ2n) is 3.99. The van der Waals surface area contributed by atoms with E-state index in [1.165, 1.54) is 18.2 Å². The highest BCUT2D eigenvalue weighted by Crippen LogP contribution is 2.16. The molecule has 0 aliphatic carbocycles. The number of nitrogens with one attached hydrogen (secondary N) is 2. The van der Waals surface area contributed by atoms with Crippen LogP contribution >= 0.6 is 0 Å². The van der Waals surface area contributed by atoms with Crippen molar-refractivity contribution in [1.29, 1.82) is 0 Å². The number of nitrogen functional groups attached to an aromatic ring is 1. The maximum absolute atomic E-state index is 13.6. The molecular formula is C13H13FN4O. The Bertz CT molecular complexity index is 615. The Morgan fingerprint density at radius 2 is 2.11 bits per heavy atom. The number of carbonyl (C=O) groups is 1. The normalized spacial score (nSPS) is 10.1. The fraction of sp³-hybridized carbons (Fsp3) is 0.0769. The van der Waals surface area contributed by atoms with Gasteiger partial charge in [0, 0.05) is 0 Å². The van der Waals surface area contributed by atoms with Crippen molar-refractivity contribution in [3.05, 3.63) is 53.5 Å². The predicted molar refractivity (Wildman–Crippen MR) is 71.1 cm³/mol. The van der Waals surface area contributed by atoms with Gasteiger partial charge < -0.3 is 10.7 Å². The zero-order valence-electron chi connectivity index (χ0n) is 10.3. The van der Waals surface area contributed by atoms with Crippen LogP contribution in [0.4, 0.5) is 15.9 Å². The first-order valence-electron chi connectivity index (χ1n) is 5.61. The quantitative estimate of drug-likeness (QED) is 0.583. The highest BCUT2D eigenvalue weighted by atomic mass is 19.1. The van der Waals surface area contributed by atoms with Crippen LogP contribution in [0.1, 0.15) is 16.1 Å². The fourth-order valence-corrected chi connectivity index (χ4v) is 1.55. The largest absolute Gasteiger partial charge is 0.318 e. The number of hydrogen-bond acceptors (Lipinski definition) is 4. The van der Waals surface area contributed by atoms with Crippen molar-refractivity contribution in [2.75, 3.05) is 10.7 Å². The number of aromatic nitrogens is 1. The number of halogens is 1. The molecule has 0 unspecified atom stereocenters. The lowest BCUT2D eigenvalue weighted by atomic mass is 10.2. The minimum absolute atomic E-state index is 0.114. The number of hydrogen-bond donors (Lipinski definition) is 3. The molecule has 4 N–H and O–H groups in total. The number of nitrogens with two attached hydrogens (primary N) is 1. The van der Waals surface area contributed by atoms with Gasteiger partial charge in [0.05, 0.1) is 5.69 Å². The molecule has 2 rings (SSSR count). The second kappa shape index (κ2) is 5.45. The van der Waals surface area contributed by atoms with Crippen LogP contribution in [-0.4, -0.2) is 10.9 Å². The van der Waals surface area contributed by atoms with Crippen LogP contribution in [0.2, 0.25) is 0 Å². The summed E-state index contributed by atoms with van der Waals surface area (Å²) in [5, 5.41) is 2.46. The number of aryl methyl sites for hydroxylation is 1. The maximum Gasteiger partial charge on any atom is 0.274 e. The molecule has 19 heavy (non-hydrogen) atoms. The van der Waals surface area contributed by atoms with Crippen molar-refractivity contribution in [2.45, 2.75) is 6.92 Å². The SMILES string of the molecule is Cc1ccc(NC(=O)c2cccc(NN)n2)c(F)c1. The summed E-state index contributed by atoms with van der Waals surface area (Å²) < 4.78 is 13.6. The molecule has 6 heteroatoms. The van der Waals surface area contributed by atoms with Crippen molar-refractivity contribution in [3.8, 4) is 0 Å². The molecule has 1 heterocycles. The average molecular weight is 260 g/mol. The van der Waals surface area contributed by atoms with Gasteiger partial charge >= 0.3 is 0 Å². The van der Waals surface area contributed by atoms with E-state index in [1.54, 1.807) is 25.1 Å². The molecule has 0 bridgehead atoms. The topological polar surface area (TPSA) is 80.0 Å². The number of anilines is 2. The number of rotatable bonds is 3. The lowest BCUT2D eigenvalue weighted by molar-refractivity contribution is 0.102. The monoisotopic (exact) mass is 260 g/mol. The molecule has 98 valence electrons. The van der Waals surface area contributed by atoms with Crippen LogP contribution in [0, 0.1) is 12.7 Å². The molecule has 1 aromatic heterocycles. The summed E-state index contributed by atoms with van der Waals surface area (Å²) in [6.07, 6.45) is 0. The van der Waals surface area contributed by atoms with Crippen LogP contribution in [0.5, 0.6) is 0 Å². The van der Waals surface area contributed by atoms with Crippen LogP contribution in [0.25, 0.3) is 0 Å². The summed E-state index contributed by atoms with van der Waals surface area (Å²) in [4.78, 5) is 15.9. The van der Waals surface area contributed by atoms with Crippen molar-refractivity contribution < 1.29 is 9.18 Å². The Kier molecular flexibility index (Phi) is 3.72. The number of amides is 1. The standard InChI is InChI=1S/C13H13FN4O/c1-8-5-6-10(9(14)7-8)17-13(19)11-3-2-4-12(16-11)18-15/h2-7H,15H2,1H3,(H,16,18)(H,17,19). The minimum Gasteiger partial charge on any atom is -0.318 e. The van der Waals surface area contributed by atoms with Gasteiger partial charge in [0.1, 0.15) is 17.3 Å². The number of hydrazine groups is 1. The Morgan fingerprint density at radius 1 is 1.32 bits per heavy atom. The molecule has 0 saturated carbocycles. The van der Waals surface area contributed by atoms with Gasteiger partial charge in [-0.2, -0.15) is 0 Å². The van der Waals surface area contributed by atoms with E-state index in [2.05, 4.69) is 15.7 Å². The third-order valence-corrected chi connectivity index (χ3v) is 2.50. The summed E-state index contributed by atoms with van der Waals surface area (Å²) >= 11 is 0. The van der Waals surface area contributed by atoms with E-state index in [9.17, 15) is 9.18 Å². The maximum atomic E-state index is 13.6. The summed E-state index contributed by atoms with van der Waals surface area (Å²) in [5.41, 5.74) is 3.38. The van der Waals surface area contributed by atoms with Crippen molar-refractivity contribution in [1.82, 2.24) is 4.98 Å². The van der Waals surface area contributed by atoms with E-state index >= 15 is 0 Å². The van der Waals surface area contributed by atoms with Gasteiger partial charge in [-0.05, 0) is 36.8 Å². The third-order valence-electron chi connectivity index (χ3n) is 2.50.